The molecule has 0 saturated heterocycles. The van der Waals surface area contributed by atoms with Crippen molar-refractivity contribution < 1.29 is 14.2 Å². The molecule has 4 heteroatoms. The first-order chi connectivity index (χ1) is 10.6. The van der Waals surface area contributed by atoms with E-state index in [9.17, 15) is 0 Å². The van der Waals surface area contributed by atoms with Gasteiger partial charge in [0, 0.05) is 18.4 Å². The van der Waals surface area contributed by atoms with Crippen molar-refractivity contribution in [2.45, 2.75) is 40.5 Å². The fourth-order valence-electron chi connectivity index (χ4n) is 2.65. The zero-order valence-electron chi connectivity index (χ0n) is 13.5. The van der Waals surface area contributed by atoms with Crippen LogP contribution in [0.25, 0.3) is 0 Å². The maximum absolute atomic E-state index is 5.85. The van der Waals surface area contributed by atoms with Gasteiger partial charge in [-0.2, -0.15) is 0 Å². The lowest BCUT2D eigenvalue weighted by Gasteiger charge is -2.10. The summed E-state index contributed by atoms with van der Waals surface area (Å²) in [7, 11) is 0. The Morgan fingerprint density at radius 3 is 2.77 bits per heavy atom. The van der Waals surface area contributed by atoms with Crippen LogP contribution >= 0.6 is 0 Å². The van der Waals surface area contributed by atoms with E-state index in [0.29, 0.717) is 25.9 Å². The summed E-state index contributed by atoms with van der Waals surface area (Å²) < 4.78 is 18.8. The summed E-state index contributed by atoms with van der Waals surface area (Å²) in [6.45, 7) is 9.18. The van der Waals surface area contributed by atoms with Crippen molar-refractivity contribution in [3.05, 3.63) is 47.3 Å². The Bertz CT molecular complexity index is 646. The molecule has 0 atom stereocenters. The van der Waals surface area contributed by atoms with Gasteiger partial charge in [-0.25, -0.2) is 0 Å². The zero-order chi connectivity index (χ0) is 15.5. The van der Waals surface area contributed by atoms with Crippen LogP contribution in [0.3, 0.4) is 0 Å². The van der Waals surface area contributed by atoms with E-state index >= 15 is 0 Å². The van der Waals surface area contributed by atoms with Gasteiger partial charge in [0.15, 0.2) is 11.5 Å². The molecule has 1 aromatic heterocycles. The second-order valence-corrected chi connectivity index (χ2v) is 6.15. The number of benzene rings is 1. The normalized spacial score (nSPS) is 13.1. The van der Waals surface area contributed by atoms with E-state index in [0.717, 1.165) is 23.6 Å². The Labute approximate surface area is 131 Å². The monoisotopic (exact) mass is 301 g/mol. The van der Waals surface area contributed by atoms with Gasteiger partial charge in [0.2, 0.25) is 6.79 Å². The predicted octanol–water partition coefficient (Wildman–Crippen LogP) is 3.90. The maximum atomic E-state index is 5.85. The molecule has 1 aliphatic heterocycles. The van der Waals surface area contributed by atoms with Crippen LogP contribution in [0, 0.1) is 12.8 Å². The van der Waals surface area contributed by atoms with Crippen LogP contribution in [0.5, 0.6) is 11.5 Å². The highest BCUT2D eigenvalue weighted by Gasteiger charge is 2.13. The third-order valence-corrected chi connectivity index (χ3v) is 3.88. The molecule has 0 bridgehead atoms. The van der Waals surface area contributed by atoms with Crippen LogP contribution in [0.15, 0.2) is 30.5 Å². The molecule has 1 aliphatic rings. The highest BCUT2D eigenvalue weighted by Crippen LogP contribution is 2.32. The molecular weight excluding hydrogens is 278 g/mol. The van der Waals surface area contributed by atoms with E-state index < -0.39 is 0 Å². The first kappa shape index (κ1) is 15.0. The number of ether oxygens (including phenoxy) is 3. The molecule has 0 saturated carbocycles. The molecule has 118 valence electrons. The van der Waals surface area contributed by atoms with Crippen LogP contribution in [0.1, 0.15) is 30.7 Å². The van der Waals surface area contributed by atoms with Gasteiger partial charge in [-0.05, 0) is 42.2 Å². The maximum Gasteiger partial charge on any atom is 0.231 e. The van der Waals surface area contributed by atoms with Gasteiger partial charge < -0.3 is 18.8 Å². The molecule has 1 aromatic carbocycles. The lowest BCUT2D eigenvalue weighted by Crippen LogP contribution is -2.05. The minimum atomic E-state index is 0.308. The first-order valence-corrected chi connectivity index (χ1v) is 7.74. The van der Waals surface area contributed by atoms with E-state index in [4.69, 9.17) is 14.2 Å². The topological polar surface area (TPSA) is 32.6 Å². The van der Waals surface area contributed by atoms with Crippen LogP contribution < -0.4 is 9.47 Å². The summed E-state index contributed by atoms with van der Waals surface area (Å²) in [6.07, 6.45) is 2.15. The molecule has 4 nitrogen and oxygen atoms in total. The molecule has 0 unspecified atom stereocenters. The second-order valence-electron chi connectivity index (χ2n) is 6.15. The van der Waals surface area contributed by atoms with Crippen molar-refractivity contribution in [2.24, 2.45) is 5.92 Å². The van der Waals surface area contributed by atoms with Crippen molar-refractivity contribution in [3.63, 3.8) is 0 Å². The zero-order valence-corrected chi connectivity index (χ0v) is 13.5. The Kier molecular flexibility index (Phi) is 4.39. The van der Waals surface area contributed by atoms with Gasteiger partial charge in [-0.1, -0.05) is 19.9 Å². The Balaban J connectivity index is 1.56. The molecule has 0 fully saturated rings. The quantitative estimate of drug-likeness (QED) is 0.811. The third kappa shape index (κ3) is 3.28. The average molecular weight is 301 g/mol. The summed E-state index contributed by atoms with van der Waals surface area (Å²) in [5.74, 6) is 2.26. The largest absolute Gasteiger partial charge is 0.454 e. The van der Waals surface area contributed by atoms with Gasteiger partial charge in [-0.3, -0.25) is 0 Å². The highest BCUT2D eigenvalue weighted by atomic mass is 16.7. The molecular formula is C18H23NO3. The molecule has 2 aromatic rings. The number of aromatic nitrogens is 1. The van der Waals surface area contributed by atoms with Crippen molar-refractivity contribution in [1.82, 2.24) is 4.57 Å². The Morgan fingerprint density at radius 2 is 1.95 bits per heavy atom. The molecule has 0 radical (unpaired) electrons. The van der Waals surface area contributed by atoms with Crippen molar-refractivity contribution in [2.75, 3.05) is 6.79 Å². The molecule has 0 aliphatic carbocycles. The summed E-state index contributed by atoms with van der Waals surface area (Å²) >= 11 is 0. The van der Waals surface area contributed by atoms with E-state index in [2.05, 4.69) is 37.6 Å². The fraction of sp³-hybridized carbons (Fsp3) is 0.444. The van der Waals surface area contributed by atoms with Crippen LogP contribution in [0.2, 0.25) is 0 Å². The lowest BCUT2D eigenvalue weighted by atomic mass is 10.2. The van der Waals surface area contributed by atoms with E-state index in [1.165, 1.54) is 11.3 Å². The van der Waals surface area contributed by atoms with E-state index in [-0.39, 0.29) is 0 Å². The summed E-state index contributed by atoms with van der Waals surface area (Å²) in [5, 5.41) is 0. The smallest absolute Gasteiger partial charge is 0.231 e. The molecule has 22 heavy (non-hydrogen) atoms. The lowest BCUT2D eigenvalue weighted by molar-refractivity contribution is 0.106. The van der Waals surface area contributed by atoms with Gasteiger partial charge in [0.1, 0.15) is 0 Å². The number of fused-ring (bicyclic) bond motifs is 1. The minimum absolute atomic E-state index is 0.308. The van der Waals surface area contributed by atoms with Crippen LogP contribution in [-0.4, -0.2) is 11.4 Å². The molecule has 0 N–H and O–H groups in total. The van der Waals surface area contributed by atoms with Gasteiger partial charge in [-0.15, -0.1) is 0 Å². The van der Waals surface area contributed by atoms with Gasteiger partial charge in [0.25, 0.3) is 0 Å². The van der Waals surface area contributed by atoms with Crippen molar-refractivity contribution in [3.8, 4) is 11.5 Å². The number of rotatable bonds is 6. The van der Waals surface area contributed by atoms with Crippen molar-refractivity contribution in [1.29, 1.82) is 0 Å². The van der Waals surface area contributed by atoms with Crippen LogP contribution in [0.4, 0.5) is 0 Å². The summed E-state index contributed by atoms with van der Waals surface area (Å²) in [4.78, 5) is 0. The first-order valence-electron chi connectivity index (χ1n) is 7.74. The Hall–Kier alpha value is -1.94. The summed E-state index contributed by atoms with van der Waals surface area (Å²) in [5.41, 5.74) is 3.64. The third-order valence-electron chi connectivity index (χ3n) is 3.88. The number of hydrogen-bond donors (Lipinski definition) is 0. The highest BCUT2D eigenvalue weighted by molar-refractivity contribution is 5.44. The summed E-state index contributed by atoms with van der Waals surface area (Å²) in [6, 6.07) is 8.09. The van der Waals surface area contributed by atoms with E-state index in [1.54, 1.807) is 0 Å². The molecule has 0 spiro atoms. The standard InChI is InChI=1S/C18H23NO3/c1-13(2)9-19-7-6-16(14(19)3)11-20-10-15-4-5-17-18(8-15)22-12-21-17/h4-8,13H,9-12H2,1-3H3. The fourth-order valence-corrected chi connectivity index (χ4v) is 2.65. The molecule has 0 amide bonds. The minimum Gasteiger partial charge on any atom is -0.454 e. The van der Waals surface area contributed by atoms with Crippen LogP contribution in [-0.2, 0) is 24.5 Å². The molecule has 2 heterocycles. The second kappa shape index (κ2) is 6.44. The SMILES string of the molecule is Cc1c(COCc2ccc3c(c2)OCO3)ccn1CC(C)C. The Morgan fingerprint density at radius 1 is 1.14 bits per heavy atom. The van der Waals surface area contributed by atoms with Gasteiger partial charge in [0.05, 0.1) is 13.2 Å². The molecule has 3 rings (SSSR count). The van der Waals surface area contributed by atoms with E-state index in [1.807, 2.05) is 18.2 Å². The number of hydrogen-bond acceptors (Lipinski definition) is 3. The van der Waals surface area contributed by atoms with Crippen molar-refractivity contribution >= 4 is 0 Å². The predicted molar refractivity (Wildman–Crippen MR) is 85.1 cm³/mol. The van der Waals surface area contributed by atoms with Gasteiger partial charge >= 0.3 is 0 Å². The number of nitrogens with zero attached hydrogens (tertiary/aromatic N) is 1. The average Bonchev–Trinajstić information content (AvgIpc) is 3.07.